The van der Waals surface area contributed by atoms with Gasteiger partial charge >= 0.3 is 11.9 Å². The molecule has 2 unspecified atom stereocenters. The quantitative estimate of drug-likeness (QED) is 0.209. The van der Waals surface area contributed by atoms with Gasteiger partial charge in [0, 0.05) is 65.1 Å². The second-order valence-corrected chi connectivity index (χ2v) is 13.7. The molecular formula is C34H36N5O4S2+. The normalized spacial score (nSPS) is 21.2. The number of amides is 5. The molecule has 11 heteroatoms. The number of hydrogen-bond donors (Lipinski definition) is 2. The van der Waals surface area contributed by atoms with E-state index in [2.05, 4.69) is 16.7 Å². The third-order valence-electron chi connectivity index (χ3n) is 8.94. The van der Waals surface area contributed by atoms with Crippen molar-refractivity contribution in [2.75, 3.05) is 30.3 Å². The summed E-state index contributed by atoms with van der Waals surface area (Å²) in [5.41, 5.74) is 3.99. The van der Waals surface area contributed by atoms with E-state index in [1.54, 1.807) is 16.2 Å². The number of likely N-dealkylation sites (tertiary alicyclic amines) is 2. The maximum absolute atomic E-state index is 13.1. The Hall–Kier alpha value is -4.19. The van der Waals surface area contributed by atoms with E-state index in [1.807, 2.05) is 72.3 Å². The highest BCUT2D eigenvalue weighted by atomic mass is 32.1. The summed E-state index contributed by atoms with van der Waals surface area (Å²) in [6.45, 7) is 5.07. The molecule has 2 N–H and O–H groups in total. The molecule has 2 aromatic heterocycles. The van der Waals surface area contributed by atoms with Gasteiger partial charge in [-0.3, -0.25) is 14.9 Å². The second-order valence-electron chi connectivity index (χ2n) is 11.8. The van der Waals surface area contributed by atoms with Crippen LogP contribution in [-0.4, -0.2) is 63.8 Å². The van der Waals surface area contributed by atoms with E-state index in [-0.39, 0.29) is 46.6 Å². The van der Waals surface area contributed by atoms with Gasteiger partial charge in [0.2, 0.25) is 11.8 Å². The molecule has 0 bridgehead atoms. The maximum Gasteiger partial charge on any atom is 0.428 e. The summed E-state index contributed by atoms with van der Waals surface area (Å²) in [5, 5.41) is 10.8. The Morgan fingerprint density at radius 1 is 0.978 bits per heavy atom. The molecular weight excluding hydrogens is 607 g/mol. The number of benzene rings is 2. The number of hydrogen-bond acceptors (Lipinski definition) is 7. The van der Waals surface area contributed by atoms with Crippen LogP contribution >= 0.6 is 22.7 Å². The number of nitrogens with one attached hydrogen (secondary N) is 2. The summed E-state index contributed by atoms with van der Waals surface area (Å²) < 4.78 is -0.158. The van der Waals surface area contributed by atoms with Gasteiger partial charge in [-0.2, -0.15) is 4.48 Å². The van der Waals surface area contributed by atoms with Gasteiger partial charge in [0.25, 0.3) is 0 Å². The lowest BCUT2D eigenvalue weighted by molar-refractivity contribution is -0.781. The van der Waals surface area contributed by atoms with Crippen molar-refractivity contribution in [1.82, 2.24) is 9.88 Å². The van der Waals surface area contributed by atoms with Crippen LogP contribution in [0.4, 0.5) is 16.2 Å². The highest BCUT2D eigenvalue weighted by Gasteiger charge is 2.50. The molecule has 2 aromatic carbocycles. The van der Waals surface area contributed by atoms with Crippen LogP contribution in [-0.2, 0) is 20.8 Å². The van der Waals surface area contributed by atoms with Crippen LogP contribution in [0.1, 0.15) is 38.0 Å². The lowest BCUT2D eigenvalue weighted by Crippen LogP contribution is -2.59. The zero-order chi connectivity index (χ0) is 31.6. The molecule has 4 aromatic rings. The van der Waals surface area contributed by atoms with Crippen LogP contribution in [0.15, 0.2) is 71.4 Å². The average molecular weight is 643 g/mol. The number of anilines is 2. The first-order chi connectivity index (χ1) is 21.7. The smallest absolute Gasteiger partial charge is 0.342 e. The van der Waals surface area contributed by atoms with Crippen molar-refractivity contribution in [3.05, 3.63) is 76.3 Å². The van der Waals surface area contributed by atoms with Gasteiger partial charge in [0.05, 0.1) is 25.1 Å². The summed E-state index contributed by atoms with van der Waals surface area (Å²) >= 11 is 3.20. The van der Waals surface area contributed by atoms with Crippen molar-refractivity contribution < 1.29 is 23.7 Å². The predicted molar refractivity (Wildman–Crippen MR) is 178 cm³/mol. The number of carbonyl (C=O) groups excluding carboxylic acids is 4. The van der Waals surface area contributed by atoms with Gasteiger partial charge in [-0.25, -0.2) is 14.6 Å². The number of urea groups is 1. The molecule has 4 heterocycles. The number of rotatable bonds is 8. The molecule has 2 aliphatic rings. The minimum absolute atomic E-state index is 0.0279. The number of aromatic nitrogens is 1. The van der Waals surface area contributed by atoms with Gasteiger partial charge in [-0.05, 0) is 61.2 Å². The number of thiophene rings is 1. The number of thiazole rings is 1. The van der Waals surface area contributed by atoms with E-state index >= 15 is 0 Å². The molecule has 0 spiro atoms. The Morgan fingerprint density at radius 2 is 1.69 bits per heavy atom. The van der Waals surface area contributed by atoms with Gasteiger partial charge in [-0.15, -0.1) is 22.7 Å². The molecule has 3 atom stereocenters. The number of quaternary nitrogens is 1. The molecule has 6 rings (SSSR count). The first-order valence-electron chi connectivity index (χ1n) is 15.2. The minimum Gasteiger partial charge on any atom is -0.342 e. The average Bonchev–Trinajstić information content (AvgIpc) is 3.85. The SMILES string of the molecule is CC(=O)[N+]1(C(=O)Nc2ccc(-c3nc(-c4ccc(NC(=O)C5CC(=O)N(CCc6cccs6)C5)cc4)cs3)cc2)CCC[C@H]1C. The second kappa shape index (κ2) is 13.0. The standard InChI is InChI=1S/C34H35N5O4S2/c1-22-5-3-17-39(22,23(2)40)34(43)36-28-13-9-25(10-14-28)33-37-30(21-45-33)24-7-11-27(12-8-24)35-32(42)26-19-31(41)38(20-26)16-15-29-6-4-18-44-29/h4,6-14,18,21-22,26H,3,5,15-17,19-20H2,1-2H3,(H-,35,36,37,42,43)/p+1/t22-,26?,39?/m1/s1. The highest BCUT2D eigenvalue weighted by Crippen LogP contribution is 2.32. The Morgan fingerprint density at radius 3 is 2.33 bits per heavy atom. The highest BCUT2D eigenvalue weighted by molar-refractivity contribution is 7.13. The molecule has 232 valence electrons. The molecule has 0 aliphatic carbocycles. The van der Waals surface area contributed by atoms with E-state index in [4.69, 9.17) is 4.98 Å². The monoisotopic (exact) mass is 642 g/mol. The Labute approximate surface area is 270 Å². The molecule has 2 aliphatic heterocycles. The van der Waals surface area contributed by atoms with Crippen LogP contribution in [0.2, 0.25) is 0 Å². The van der Waals surface area contributed by atoms with Crippen LogP contribution in [0.25, 0.3) is 21.8 Å². The predicted octanol–water partition coefficient (Wildman–Crippen LogP) is 6.65. The van der Waals surface area contributed by atoms with Crippen molar-refractivity contribution in [3.63, 3.8) is 0 Å². The third-order valence-corrected chi connectivity index (χ3v) is 10.8. The van der Waals surface area contributed by atoms with Gasteiger partial charge in [0.1, 0.15) is 11.0 Å². The molecule has 2 fully saturated rings. The van der Waals surface area contributed by atoms with E-state index in [0.717, 1.165) is 41.1 Å². The minimum atomic E-state index is -0.359. The zero-order valence-electron chi connectivity index (χ0n) is 25.3. The summed E-state index contributed by atoms with van der Waals surface area (Å²) in [4.78, 5) is 58.8. The summed E-state index contributed by atoms with van der Waals surface area (Å²) in [7, 11) is 0. The van der Waals surface area contributed by atoms with Crippen LogP contribution < -0.4 is 10.6 Å². The van der Waals surface area contributed by atoms with Gasteiger partial charge in [0.15, 0.2) is 0 Å². The fraction of sp³-hybridized carbons (Fsp3) is 0.324. The van der Waals surface area contributed by atoms with Gasteiger partial charge < -0.3 is 10.2 Å². The van der Waals surface area contributed by atoms with E-state index in [9.17, 15) is 19.2 Å². The molecule has 0 radical (unpaired) electrons. The topological polar surface area (TPSA) is 108 Å². The summed E-state index contributed by atoms with van der Waals surface area (Å²) in [6, 6.07) is 18.8. The van der Waals surface area contributed by atoms with E-state index in [0.29, 0.717) is 31.0 Å². The molecule has 5 amide bonds. The summed E-state index contributed by atoms with van der Waals surface area (Å²) in [6.07, 6.45) is 2.76. The fourth-order valence-electron chi connectivity index (χ4n) is 6.28. The molecule has 45 heavy (non-hydrogen) atoms. The van der Waals surface area contributed by atoms with E-state index in [1.165, 1.54) is 23.1 Å². The Balaban J connectivity index is 1.04. The van der Waals surface area contributed by atoms with Crippen molar-refractivity contribution >= 4 is 57.8 Å². The molecule has 2 saturated heterocycles. The van der Waals surface area contributed by atoms with Gasteiger partial charge in [-0.1, -0.05) is 18.2 Å². The zero-order valence-corrected chi connectivity index (χ0v) is 27.0. The largest absolute Gasteiger partial charge is 0.428 e. The third kappa shape index (κ3) is 6.47. The van der Waals surface area contributed by atoms with Crippen molar-refractivity contribution in [2.45, 2.75) is 45.6 Å². The molecule has 0 saturated carbocycles. The lowest BCUT2D eigenvalue weighted by atomic mass is 10.1. The van der Waals surface area contributed by atoms with Crippen LogP contribution in [0, 0.1) is 5.92 Å². The Bertz CT molecular complexity index is 1700. The van der Waals surface area contributed by atoms with Crippen LogP contribution in [0.5, 0.6) is 0 Å². The Kier molecular flexibility index (Phi) is 8.93. The van der Waals surface area contributed by atoms with Crippen molar-refractivity contribution in [1.29, 1.82) is 0 Å². The van der Waals surface area contributed by atoms with E-state index < -0.39 is 0 Å². The first kappa shape index (κ1) is 30.8. The number of carbonyl (C=O) groups is 4. The molecule has 9 nitrogen and oxygen atoms in total. The fourth-order valence-corrected chi connectivity index (χ4v) is 7.81. The van der Waals surface area contributed by atoms with Crippen molar-refractivity contribution in [3.8, 4) is 21.8 Å². The maximum atomic E-state index is 13.1. The van der Waals surface area contributed by atoms with Crippen molar-refractivity contribution in [2.24, 2.45) is 5.92 Å². The van der Waals surface area contributed by atoms with Crippen LogP contribution in [0.3, 0.4) is 0 Å². The lowest BCUT2D eigenvalue weighted by Gasteiger charge is -2.31. The number of imide groups is 1. The summed E-state index contributed by atoms with van der Waals surface area (Å²) in [5.74, 6) is -0.599. The number of nitrogens with zero attached hydrogens (tertiary/aromatic N) is 3. The first-order valence-corrected chi connectivity index (χ1v) is 17.0.